The van der Waals surface area contributed by atoms with Gasteiger partial charge in [-0.15, -0.1) is 11.3 Å². The summed E-state index contributed by atoms with van der Waals surface area (Å²) in [6.07, 6.45) is 3.40. The lowest BCUT2D eigenvalue weighted by atomic mass is 10.1. The quantitative estimate of drug-likeness (QED) is 0.676. The van der Waals surface area contributed by atoms with E-state index in [1.165, 1.54) is 16.9 Å². The first-order chi connectivity index (χ1) is 12.3. The first kappa shape index (κ1) is 18.7. The molecule has 0 atom stereocenters. The van der Waals surface area contributed by atoms with Crippen LogP contribution in [0.4, 0.5) is 10.8 Å². The number of aromatic nitrogens is 2. The molecule has 0 unspecified atom stereocenters. The highest BCUT2D eigenvalue weighted by molar-refractivity contribution is 7.14. The Morgan fingerprint density at radius 3 is 2.84 bits per heavy atom. The van der Waals surface area contributed by atoms with E-state index >= 15 is 0 Å². The van der Waals surface area contributed by atoms with E-state index in [1.54, 1.807) is 12.4 Å². The highest BCUT2D eigenvalue weighted by Crippen LogP contribution is 2.28. The van der Waals surface area contributed by atoms with Crippen LogP contribution in [0.5, 0.6) is 0 Å². The molecule has 0 fully saturated rings. The average Bonchev–Trinajstić information content (AvgIpc) is 3.10. The zero-order chi connectivity index (χ0) is 18.1. The number of nitrogens with one attached hydrogen (secondary N) is 1. The molecule has 0 saturated heterocycles. The minimum Gasteiger partial charge on any atom is -0.384 e. The monoisotopic (exact) mass is 351 g/mol. The van der Waals surface area contributed by atoms with Crippen molar-refractivity contribution in [1.29, 1.82) is 0 Å². The number of pyridine rings is 1. The van der Waals surface area contributed by atoms with Crippen molar-refractivity contribution in [3.63, 3.8) is 0 Å². The molecule has 0 saturated carbocycles. The third-order valence-corrected chi connectivity index (χ3v) is 3.93. The summed E-state index contributed by atoms with van der Waals surface area (Å²) in [6.45, 7) is 5.88. The average molecular weight is 351 g/mol. The summed E-state index contributed by atoms with van der Waals surface area (Å²) in [5.41, 5.74) is 4.72. The first-order valence-corrected chi connectivity index (χ1v) is 8.97. The zero-order valence-electron chi connectivity index (χ0n) is 14.6. The number of nitrogens with zero attached hydrogens (tertiary/aromatic N) is 2. The molecule has 0 bridgehead atoms. The fraction of sp³-hybridized carbons (Fsp3) is 0.200. The van der Waals surface area contributed by atoms with Crippen LogP contribution in [0.25, 0.3) is 11.3 Å². The van der Waals surface area contributed by atoms with Crippen LogP contribution < -0.4 is 5.32 Å². The maximum absolute atomic E-state index is 8.86. The van der Waals surface area contributed by atoms with Crippen LogP contribution in [0, 0.1) is 18.8 Å². The van der Waals surface area contributed by atoms with Gasteiger partial charge >= 0.3 is 0 Å². The van der Waals surface area contributed by atoms with E-state index in [9.17, 15) is 0 Å². The lowest BCUT2D eigenvalue weighted by Crippen LogP contribution is -1.91. The molecular weight excluding hydrogens is 330 g/mol. The second-order valence-corrected chi connectivity index (χ2v) is 5.77. The number of aryl methyl sites for hydroxylation is 1. The third kappa shape index (κ3) is 5.15. The van der Waals surface area contributed by atoms with Gasteiger partial charge < -0.3 is 10.4 Å². The molecule has 2 N–H and O–H groups in total. The summed E-state index contributed by atoms with van der Waals surface area (Å²) >= 11 is 1.54. The molecule has 0 radical (unpaired) electrons. The number of hydrogen-bond donors (Lipinski definition) is 2. The molecule has 0 aliphatic carbocycles. The molecule has 2 aromatic heterocycles. The molecule has 0 spiro atoms. The Kier molecular flexibility index (Phi) is 7.15. The van der Waals surface area contributed by atoms with Crippen molar-refractivity contribution >= 4 is 22.2 Å². The van der Waals surface area contributed by atoms with E-state index in [1.807, 2.05) is 37.4 Å². The number of thiazole rings is 1. The molecule has 2 heterocycles. The Labute approximate surface area is 152 Å². The lowest BCUT2D eigenvalue weighted by Gasteiger charge is -2.03. The van der Waals surface area contributed by atoms with Gasteiger partial charge in [0.25, 0.3) is 0 Å². The van der Waals surface area contributed by atoms with Gasteiger partial charge in [-0.3, -0.25) is 4.98 Å². The van der Waals surface area contributed by atoms with Crippen LogP contribution in [-0.2, 0) is 0 Å². The Balaban J connectivity index is 0.00000109. The molecule has 3 aromatic rings. The number of hydrogen-bond acceptors (Lipinski definition) is 5. The standard InChI is InChI=1S/C18H15N3OS.C2H6/c1-13-4-2-6-15(10-13)20-18-21-17(12-23-18)16-7-8-19-11-14(16)5-3-9-22;1-2/h2,4,6-8,10-12,22H,9H2,1H3,(H,20,21);1-2H3. The first-order valence-electron chi connectivity index (χ1n) is 8.09. The van der Waals surface area contributed by atoms with Crippen LogP contribution in [0.2, 0.25) is 0 Å². The minimum absolute atomic E-state index is 0.175. The Morgan fingerprint density at radius 1 is 1.24 bits per heavy atom. The molecule has 25 heavy (non-hydrogen) atoms. The van der Waals surface area contributed by atoms with Crippen LogP contribution in [0.1, 0.15) is 25.0 Å². The Bertz CT molecular complexity index is 878. The fourth-order valence-corrected chi connectivity index (χ4v) is 2.88. The number of aliphatic hydroxyl groups excluding tert-OH is 1. The van der Waals surface area contributed by atoms with E-state index in [4.69, 9.17) is 5.11 Å². The second kappa shape index (κ2) is 9.58. The van der Waals surface area contributed by atoms with Gasteiger partial charge in [0.15, 0.2) is 5.13 Å². The molecule has 0 aliphatic rings. The van der Waals surface area contributed by atoms with Gasteiger partial charge in [-0.1, -0.05) is 37.8 Å². The summed E-state index contributed by atoms with van der Waals surface area (Å²) in [5, 5.41) is 15.0. The molecule has 5 heteroatoms. The van der Waals surface area contributed by atoms with Crippen LogP contribution >= 0.6 is 11.3 Å². The molecule has 4 nitrogen and oxygen atoms in total. The summed E-state index contributed by atoms with van der Waals surface area (Å²) < 4.78 is 0. The van der Waals surface area contributed by atoms with Gasteiger partial charge in [0.05, 0.1) is 11.3 Å². The summed E-state index contributed by atoms with van der Waals surface area (Å²) in [5.74, 6) is 5.56. The van der Waals surface area contributed by atoms with Gasteiger partial charge in [0.2, 0.25) is 0 Å². The van der Waals surface area contributed by atoms with Crippen molar-refractivity contribution in [1.82, 2.24) is 9.97 Å². The van der Waals surface area contributed by atoms with E-state index in [0.29, 0.717) is 0 Å². The Morgan fingerprint density at radius 2 is 2.08 bits per heavy atom. The van der Waals surface area contributed by atoms with Crippen molar-refractivity contribution < 1.29 is 5.11 Å². The van der Waals surface area contributed by atoms with Crippen molar-refractivity contribution in [3.05, 3.63) is 59.2 Å². The maximum atomic E-state index is 8.86. The number of rotatable bonds is 3. The highest BCUT2D eigenvalue weighted by atomic mass is 32.1. The SMILES string of the molecule is CC.Cc1cccc(Nc2nc(-c3ccncc3C#CCO)cs2)c1. The predicted octanol–water partition coefficient (Wildman–Crippen LogP) is 4.63. The van der Waals surface area contributed by atoms with Gasteiger partial charge in [-0.2, -0.15) is 0 Å². The van der Waals surface area contributed by atoms with Crippen molar-refractivity contribution in [2.75, 3.05) is 11.9 Å². The van der Waals surface area contributed by atoms with E-state index in [0.717, 1.165) is 27.6 Å². The minimum atomic E-state index is -0.175. The molecule has 3 rings (SSSR count). The lowest BCUT2D eigenvalue weighted by molar-refractivity contribution is 0.350. The normalized spacial score (nSPS) is 9.44. The van der Waals surface area contributed by atoms with E-state index < -0.39 is 0 Å². The molecule has 0 aliphatic heterocycles. The molecular formula is C20H21N3OS. The number of anilines is 2. The van der Waals surface area contributed by atoms with Gasteiger partial charge in [-0.25, -0.2) is 4.98 Å². The Hall–Kier alpha value is -2.68. The molecule has 1 aromatic carbocycles. The van der Waals surface area contributed by atoms with Crippen molar-refractivity contribution in [3.8, 4) is 23.1 Å². The predicted molar refractivity (Wildman–Crippen MR) is 105 cm³/mol. The van der Waals surface area contributed by atoms with Crippen LogP contribution in [-0.4, -0.2) is 21.7 Å². The van der Waals surface area contributed by atoms with Crippen LogP contribution in [0.15, 0.2) is 48.1 Å². The molecule has 128 valence electrons. The second-order valence-electron chi connectivity index (χ2n) is 4.91. The largest absolute Gasteiger partial charge is 0.384 e. The van der Waals surface area contributed by atoms with Gasteiger partial charge in [0.1, 0.15) is 6.61 Å². The van der Waals surface area contributed by atoms with Crippen molar-refractivity contribution in [2.24, 2.45) is 0 Å². The maximum Gasteiger partial charge on any atom is 0.187 e. The number of aliphatic hydroxyl groups is 1. The van der Waals surface area contributed by atoms with E-state index in [-0.39, 0.29) is 6.61 Å². The highest BCUT2D eigenvalue weighted by Gasteiger charge is 2.08. The number of benzene rings is 1. The van der Waals surface area contributed by atoms with Crippen LogP contribution in [0.3, 0.4) is 0 Å². The fourth-order valence-electron chi connectivity index (χ4n) is 2.15. The zero-order valence-corrected chi connectivity index (χ0v) is 15.4. The van der Waals surface area contributed by atoms with E-state index in [2.05, 4.69) is 46.2 Å². The summed E-state index contributed by atoms with van der Waals surface area (Å²) in [7, 11) is 0. The smallest absolute Gasteiger partial charge is 0.187 e. The summed E-state index contributed by atoms with van der Waals surface area (Å²) in [4.78, 5) is 8.71. The van der Waals surface area contributed by atoms with Gasteiger partial charge in [0, 0.05) is 29.0 Å². The molecule has 0 amide bonds. The topological polar surface area (TPSA) is 58.0 Å². The van der Waals surface area contributed by atoms with Gasteiger partial charge in [-0.05, 0) is 30.7 Å². The third-order valence-electron chi connectivity index (χ3n) is 3.17. The summed E-state index contributed by atoms with van der Waals surface area (Å²) in [6, 6.07) is 10.0. The van der Waals surface area contributed by atoms with Crippen molar-refractivity contribution in [2.45, 2.75) is 20.8 Å².